The maximum Gasteiger partial charge on any atom is 0.207 e. The number of hydrogen-bond acceptors (Lipinski definition) is 4. The number of pyridine rings is 1. The summed E-state index contributed by atoms with van der Waals surface area (Å²) in [6.45, 7) is 1.36. The highest BCUT2D eigenvalue weighted by atomic mass is 16.5. The Balaban J connectivity index is 2.01. The lowest BCUT2D eigenvalue weighted by Gasteiger charge is -2.11. The first kappa shape index (κ1) is 12.6. The molecule has 0 saturated heterocycles. The number of rotatable bonds is 5. The number of benzene rings is 1. The number of anilines is 1. The Hall–Kier alpha value is -2.40. The normalized spacial score (nSPS) is 10.8. The Kier molecular flexibility index (Phi) is 3.60. The van der Waals surface area contributed by atoms with Gasteiger partial charge in [-0.2, -0.15) is 0 Å². The molecule has 0 fully saturated rings. The Morgan fingerprint density at radius 1 is 1.25 bits per heavy atom. The van der Waals surface area contributed by atoms with E-state index in [1.807, 2.05) is 29.1 Å². The lowest BCUT2D eigenvalue weighted by atomic mass is 10.1. The van der Waals surface area contributed by atoms with Crippen LogP contribution in [0.15, 0.2) is 49.1 Å². The van der Waals surface area contributed by atoms with Crippen molar-refractivity contribution in [1.29, 1.82) is 0 Å². The van der Waals surface area contributed by atoms with E-state index in [1.165, 1.54) is 0 Å². The number of fused-ring (bicyclic) bond motifs is 1. The molecule has 102 valence electrons. The van der Waals surface area contributed by atoms with Gasteiger partial charge in [0, 0.05) is 43.8 Å². The van der Waals surface area contributed by atoms with Crippen molar-refractivity contribution < 1.29 is 4.74 Å². The van der Waals surface area contributed by atoms with Gasteiger partial charge < -0.3 is 10.1 Å². The highest BCUT2D eigenvalue weighted by Gasteiger charge is 2.07. The number of aromatic nitrogens is 3. The third-order valence-electron chi connectivity index (χ3n) is 3.15. The van der Waals surface area contributed by atoms with Gasteiger partial charge in [-0.1, -0.05) is 12.1 Å². The van der Waals surface area contributed by atoms with E-state index in [0.717, 1.165) is 29.0 Å². The molecule has 5 nitrogen and oxygen atoms in total. The summed E-state index contributed by atoms with van der Waals surface area (Å²) in [4.78, 5) is 8.56. The average molecular weight is 268 g/mol. The molecular formula is C15H16N4O. The largest absolute Gasteiger partial charge is 0.383 e. The van der Waals surface area contributed by atoms with Crippen molar-refractivity contribution in [1.82, 2.24) is 14.5 Å². The molecule has 3 aromatic rings. The van der Waals surface area contributed by atoms with Crippen LogP contribution in [0.1, 0.15) is 0 Å². The van der Waals surface area contributed by atoms with E-state index >= 15 is 0 Å². The second-order valence-electron chi connectivity index (χ2n) is 4.41. The number of nitrogens with one attached hydrogen (secondary N) is 1. The number of imidazole rings is 1. The van der Waals surface area contributed by atoms with E-state index < -0.39 is 0 Å². The molecule has 0 aliphatic carbocycles. The summed E-state index contributed by atoms with van der Waals surface area (Å²) in [6.07, 6.45) is 7.41. The molecule has 20 heavy (non-hydrogen) atoms. The van der Waals surface area contributed by atoms with E-state index in [0.29, 0.717) is 6.61 Å². The van der Waals surface area contributed by atoms with Gasteiger partial charge in [0.1, 0.15) is 0 Å². The fourth-order valence-corrected chi connectivity index (χ4v) is 2.20. The minimum atomic E-state index is 0.643. The Labute approximate surface area is 117 Å². The maximum atomic E-state index is 5.05. The van der Waals surface area contributed by atoms with Gasteiger partial charge in [-0.25, -0.2) is 4.98 Å². The first-order chi connectivity index (χ1) is 9.90. The molecule has 0 amide bonds. The summed E-state index contributed by atoms with van der Waals surface area (Å²) < 4.78 is 7.07. The zero-order valence-corrected chi connectivity index (χ0v) is 11.3. The van der Waals surface area contributed by atoms with Crippen LogP contribution < -0.4 is 5.32 Å². The molecule has 0 aliphatic heterocycles. The van der Waals surface area contributed by atoms with Crippen LogP contribution in [0.2, 0.25) is 0 Å². The topological polar surface area (TPSA) is 52.0 Å². The van der Waals surface area contributed by atoms with Crippen LogP contribution in [0, 0.1) is 0 Å². The predicted molar refractivity (Wildman–Crippen MR) is 79.2 cm³/mol. The first-order valence-electron chi connectivity index (χ1n) is 6.49. The number of nitrogens with zero attached hydrogens (tertiary/aromatic N) is 3. The van der Waals surface area contributed by atoms with Crippen LogP contribution in [0.3, 0.4) is 0 Å². The van der Waals surface area contributed by atoms with Crippen molar-refractivity contribution in [3.05, 3.63) is 49.1 Å². The summed E-state index contributed by atoms with van der Waals surface area (Å²) >= 11 is 0. The second kappa shape index (κ2) is 5.71. The van der Waals surface area contributed by atoms with Gasteiger partial charge in [-0.3, -0.25) is 9.55 Å². The van der Waals surface area contributed by atoms with E-state index in [2.05, 4.69) is 27.4 Å². The Bertz CT molecular complexity index is 702. The smallest absolute Gasteiger partial charge is 0.207 e. The molecule has 0 atom stereocenters. The molecule has 0 saturated carbocycles. The van der Waals surface area contributed by atoms with Crippen molar-refractivity contribution in [3.8, 4) is 5.69 Å². The summed E-state index contributed by atoms with van der Waals surface area (Å²) in [6, 6.07) is 8.19. The average Bonchev–Trinajstić information content (AvgIpc) is 2.95. The molecule has 0 aliphatic rings. The summed E-state index contributed by atoms with van der Waals surface area (Å²) in [5.41, 5.74) is 1.06. The van der Waals surface area contributed by atoms with E-state index in [1.54, 1.807) is 19.5 Å². The lowest BCUT2D eigenvalue weighted by molar-refractivity contribution is 0.210. The SMILES string of the molecule is COCCNc1nccn1-c1cccc2ccncc12. The standard InChI is InChI=1S/C15H16N4O/c1-20-10-8-18-15-17-7-9-19(15)14-4-2-3-12-5-6-16-11-13(12)14/h2-7,9,11H,8,10H2,1H3,(H,17,18). The van der Waals surface area contributed by atoms with Gasteiger partial charge in [0.25, 0.3) is 0 Å². The van der Waals surface area contributed by atoms with Crippen LogP contribution in [-0.2, 0) is 4.74 Å². The van der Waals surface area contributed by atoms with Gasteiger partial charge in [0.15, 0.2) is 0 Å². The van der Waals surface area contributed by atoms with Crippen molar-refractivity contribution in [2.45, 2.75) is 0 Å². The number of ether oxygens (including phenoxy) is 1. The van der Waals surface area contributed by atoms with Crippen molar-refractivity contribution in [3.63, 3.8) is 0 Å². The molecule has 2 aromatic heterocycles. The second-order valence-corrected chi connectivity index (χ2v) is 4.41. The molecule has 5 heteroatoms. The van der Waals surface area contributed by atoms with Crippen LogP contribution in [-0.4, -0.2) is 34.8 Å². The molecule has 2 heterocycles. The van der Waals surface area contributed by atoms with Crippen LogP contribution in [0.5, 0.6) is 0 Å². The molecule has 1 N–H and O–H groups in total. The minimum absolute atomic E-state index is 0.643. The van der Waals surface area contributed by atoms with Gasteiger partial charge in [0.05, 0.1) is 12.3 Å². The highest BCUT2D eigenvalue weighted by Crippen LogP contribution is 2.23. The lowest BCUT2D eigenvalue weighted by Crippen LogP contribution is -2.11. The van der Waals surface area contributed by atoms with Crippen molar-refractivity contribution in [2.75, 3.05) is 25.6 Å². The summed E-state index contributed by atoms with van der Waals surface area (Å²) in [5, 5.41) is 5.52. The van der Waals surface area contributed by atoms with E-state index in [4.69, 9.17) is 4.74 Å². The quantitative estimate of drug-likeness (QED) is 0.722. The Morgan fingerprint density at radius 3 is 3.10 bits per heavy atom. The van der Waals surface area contributed by atoms with Gasteiger partial charge in [-0.15, -0.1) is 0 Å². The fraction of sp³-hybridized carbons (Fsp3) is 0.200. The van der Waals surface area contributed by atoms with Crippen LogP contribution in [0.25, 0.3) is 16.5 Å². The fourth-order valence-electron chi connectivity index (χ4n) is 2.20. The minimum Gasteiger partial charge on any atom is -0.383 e. The van der Waals surface area contributed by atoms with E-state index in [9.17, 15) is 0 Å². The molecule has 0 unspecified atom stereocenters. The monoisotopic (exact) mass is 268 g/mol. The van der Waals surface area contributed by atoms with Gasteiger partial charge in [-0.05, 0) is 17.5 Å². The van der Waals surface area contributed by atoms with Crippen LogP contribution >= 0.6 is 0 Å². The Morgan fingerprint density at radius 2 is 2.20 bits per heavy atom. The predicted octanol–water partition coefficient (Wildman–Crippen LogP) is 2.48. The molecule has 0 radical (unpaired) electrons. The molecule has 0 spiro atoms. The van der Waals surface area contributed by atoms with Gasteiger partial charge >= 0.3 is 0 Å². The van der Waals surface area contributed by atoms with E-state index in [-0.39, 0.29) is 0 Å². The van der Waals surface area contributed by atoms with Gasteiger partial charge in [0.2, 0.25) is 5.95 Å². The molecule has 3 rings (SSSR count). The summed E-state index contributed by atoms with van der Waals surface area (Å²) in [5.74, 6) is 0.804. The van der Waals surface area contributed by atoms with Crippen molar-refractivity contribution >= 4 is 16.7 Å². The number of methoxy groups -OCH3 is 1. The molecule has 1 aromatic carbocycles. The zero-order valence-electron chi connectivity index (χ0n) is 11.3. The third kappa shape index (κ3) is 2.35. The maximum absolute atomic E-state index is 5.05. The summed E-state index contributed by atoms with van der Waals surface area (Å²) in [7, 11) is 1.69. The molecule has 0 bridgehead atoms. The van der Waals surface area contributed by atoms with Crippen LogP contribution in [0.4, 0.5) is 5.95 Å². The molecular weight excluding hydrogens is 252 g/mol. The van der Waals surface area contributed by atoms with Crippen molar-refractivity contribution in [2.24, 2.45) is 0 Å². The third-order valence-corrected chi connectivity index (χ3v) is 3.15. The highest BCUT2D eigenvalue weighted by molar-refractivity contribution is 5.89. The first-order valence-corrected chi connectivity index (χ1v) is 6.49. The zero-order chi connectivity index (χ0) is 13.8. The number of hydrogen-bond donors (Lipinski definition) is 1.